The molecule has 2 N–H and O–H groups in total. The first-order valence-electron chi connectivity index (χ1n) is 10.6. The fraction of sp³-hybridized carbons (Fsp3) is 0.500. The van der Waals surface area contributed by atoms with Gasteiger partial charge in [0.05, 0.1) is 22.8 Å². The van der Waals surface area contributed by atoms with Crippen molar-refractivity contribution in [1.29, 1.82) is 0 Å². The predicted octanol–water partition coefficient (Wildman–Crippen LogP) is 5.09. The molecule has 1 aromatic heterocycles. The number of benzene rings is 1. The van der Waals surface area contributed by atoms with Crippen molar-refractivity contribution in [3.63, 3.8) is 0 Å². The van der Waals surface area contributed by atoms with Gasteiger partial charge in [0, 0.05) is 19.2 Å². The van der Waals surface area contributed by atoms with Crippen LogP contribution in [0.3, 0.4) is 0 Å². The Morgan fingerprint density at radius 2 is 2.00 bits per heavy atom. The van der Waals surface area contributed by atoms with E-state index in [1.54, 1.807) is 6.20 Å². The van der Waals surface area contributed by atoms with Crippen LogP contribution in [0.2, 0.25) is 0 Å². The zero-order chi connectivity index (χ0) is 21.9. The second-order valence-corrected chi connectivity index (χ2v) is 9.78. The van der Waals surface area contributed by atoms with E-state index >= 15 is 0 Å². The number of thioether (sulfide) groups is 1. The largest absolute Gasteiger partial charge is 0.481 e. The van der Waals surface area contributed by atoms with Gasteiger partial charge >= 0.3 is 12.0 Å². The lowest BCUT2D eigenvalue weighted by Crippen LogP contribution is -2.44. The highest BCUT2D eigenvalue weighted by atomic mass is 32.2. The van der Waals surface area contributed by atoms with E-state index < -0.39 is 5.97 Å². The quantitative estimate of drug-likeness (QED) is 0.356. The maximum Gasteiger partial charge on any atom is 0.323 e. The molecule has 0 saturated heterocycles. The molecule has 1 heterocycles. The van der Waals surface area contributed by atoms with Crippen LogP contribution in [0, 0.1) is 0 Å². The number of carboxylic acid groups (broad SMARTS) is 1. The summed E-state index contributed by atoms with van der Waals surface area (Å²) in [6.45, 7) is 1.81. The number of aromatic nitrogens is 1. The van der Waals surface area contributed by atoms with Crippen LogP contribution in [0.1, 0.15) is 44.1 Å². The predicted molar refractivity (Wildman–Crippen MR) is 124 cm³/mol. The van der Waals surface area contributed by atoms with E-state index in [1.807, 2.05) is 35.2 Å². The zero-order valence-corrected chi connectivity index (χ0v) is 19.1. The molecular formula is C22H29N3O4S2. The minimum atomic E-state index is -0.873. The number of nitrogens with one attached hydrogen (secondary N) is 1. The molecule has 0 bridgehead atoms. The topological polar surface area (TPSA) is 91.8 Å². The van der Waals surface area contributed by atoms with Crippen molar-refractivity contribution >= 4 is 40.2 Å². The Balaban J connectivity index is 1.50. The van der Waals surface area contributed by atoms with Gasteiger partial charge in [-0.05, 0) is 24.8 Å². The van der Waals surface area contributed by atoms with E-state index in [9.17, 15) is 9.59 Å². The smallest absolute Gasteiger partial charge is 0.323 e. The van der Waals surface area contributed by atoms with Gasteiger partial charge in [-0.3, -0.25) is 10.1 Å². The molecule has 7 nitrogen and oxygen atoms in total. The fourth-order valence-electron chi connectivity index (χ4n) is 3.62. The van der Waals surface area contributed by atoms with Gasteiger partial charge < -0.3 is 14.7 Å². The van der Waals surface area contributed by atoms with Gasteiger partial charge in [-0.15, -0.1) is 11.8 Å². The highest BCUT2D eigenvalue weighted by molar-refractivity contribution is 8.01. The van der Waals surface area contributed by atoms with Crippen LogP contribution < -0.4 is 5.32 Å². The molecule has 31 heavy (non-hydrogen) atoms. The van der Waals surface area contributed by atoms with Crippen LogP contribution in [0.5, 0.6) is 0 Å². The van der Waals surface area contributed by atoms with E-state index in [0.717, 1.165) is 41.9 Å². The van der Waals surface area contributed by atoms with Crippen LogP contribution >= 0.6 is 23.1 Å². The molecule has 2 amide bonds. The number of rotatable bonds is 11. The molecule has 1 aliphatic rings. The number of hydrogen-bond donors (Lipinski definition) is 2. The van der Waals surface area contributed by atoms with Gasteiger partial charge in [-0.1, -0.05) is 60.9 Å². The first-order valence-corrected chi connectivity index (χ1v) is 12.4. The van der Waals surface area contributed by atoms with Gasteiger partial charge in [-0.25, -0.2) is 9.78 Å². The molecule has 1 aliphatic carbocycles. The molecule has 0 radical (unpaired) electrons. The van der Waals surface area contributed by atoms with Crippen LogP contribution in [-0.4, -0.2) is 51.9 Å². The summed E-state index contributed by atoms with van der Waals surface area (Å²) in [5.74, 6) is -0.894. The fourth-order valence-corrected chi connectivity index (χ4v) is 5.21. The molecule has 1 saturated carbocycles. The second kappa shape index (κ2) is 12.7. The number of carboxylic acids is 1. The monoisotopic (exact) mass is 463 g/mol. The lowest BCUT2D eigenvalue weighted by molar-refractivity contribution is -0.133. The second-order valence-electron chi connectivity index (χ2n) is 7.47. The highest BCUT2D eigenvalue weighted by Crippen LogP contribution is 2.29. The van der Waals surface area contributed by atoms with Gasteiger partial charge in [0.15, 0.2) is 5.13 Å². The lowest BCUT2D eigenvalue weighted by atomic mass is 9.94. The highest BCUT2D eigenvalue weighted by Gasteiger charge is 2.25. The van der Waals surface area contributed by atoms with Crippen LogP contribution in [0.4, 0.5) is 9.93 Å². The summed E-state index contributed by atoms with van der Waals surface area (Å²) in [6, 6.07) is 10.2. The number of amides is 2. The molecule has 0 spiro atoms. The maximum absolute atomic E-state index is 13.0. The number of carbonyl (C=O) groups is 2. The van der Waals surface area contributed by atoms with Gasteiger partial charge in [-0.2, -0.15) is 0 Å². The number of hydrogen-bond acceptors (Lipinski definition) is 6. The molecule has 2 aromatic rings. The van der Waals surface area contributed by atoms with Gasteiger partial charge in [0.25, 0.3) is 0 Å². The molecule has 0 atom stereocenters. The number of nitrogens with zero attached hydrogens (tertiary/aromatic N) is 2. The Bertz CT molecular complexity index is 825. The average molecular weight is 464 g/mol. The summed E-state index contributed by atoms with van der Waals surface area (Å²) < 4.78 is 6.56. The Morgan fingerprint density at radius 1 is 1.23 bits per heavy atom. The standard InChI is InChI=1S/C22H29N3O4S2/c26-19(27)16-30-20-14-23-21(31-20)24-22(28)25(18-10-5-2-6-11-18)12-7-13-29-15-17-8-3-1-4-9-17/h1,3-4,8-9,14,18H,2,5-7,10-13,15-16H2,(H,26,27)(H,23,24,28). The first kappa shape index (κ1) is 23.6. The van der Waals surface area contributed by atoms with Gasteiger partial charge in [0.2, 0.25) is 0 Å². The average Bonchev–Trinajstić information content (AvgIpc) is 3.23. The maximum atomic E-state index is 13.0. The Morgan fingerprint density at radius 3 is 2.74 bits per heavy atom. The van der Waals surface area contributed by atoms with Gasteiger partial charge in [0.1, 0.15) is 0 Å². The van der Waals surface area contributed by atoms with Crippen LogP contribution in [0.15, 0.2) is 40.7 Å². The number of carbonyl (C=O) groups excluding carboxylic acids is 1. The molecule has 0 unspecified atom stereocenters. The Kier molecular flexibility index (Phi) is 9.64. The van der Waals surface area contributed by atoms with Crippen molar-refractivity contribution in [3.8, 4) is 0 Å². The van der Waals surface area contributed by atoms with Crippen LogP contribution in [0.25, 0.3) is 0 Å². The summed E-state index contributed by atoms with van der Waals surface area (Å²) in [5, 5.41) is 12.2. The minimum Gasteiger partial charge on any atom is -0.481 e. The number of urea groups is 1. The molecule has 1 aromatic carbocycles. The first-order chi connectivity index (χ1) is 15.1. The van der Waals surface area contributed by atoms with E-state index in [0.29, 0.717) is 24.9 Å². The summed E-state index contributed by atoms with van der Waals surface area (Å²) in [5.41, 5.74) is 1.14. The molecule has 1 fully saturated rings. The normalized spacial score (nSPS) is 14.3. The third kappa shape index (κ3) is 8.16. The summed E-state index contributed by atoms with van der Waals surface area (Å²) in [7, 11) is 0. The number of ether oxygens (including phenoxy) is 1. The Hall–Kier alpha value is -2.10. The molecule has 9 heteroatoms. The molecule has 168 valence electrons. The summed E-state index contributed by atoms with van der Waals surface area (Å²) in [4.78, 5) is 29.9. The summed E-state index contributed by atoms with van der Waals surface area (Å²) in [6.07, 6.45) is 7.94. The lowest BCUT2D eigenvalue weighted by Gasteiger charge is -2.34. The van der Waals surface area contributed by atoms with Crippen molar-refractivity contribution < 1.29 is 19.4 Å². The van der Waals surface area contributed by atoms with Crippen LogP contribution in [-0.2, 0) is 16.1 Å². The van der Waals surface area contributed by atoms with Crippen molar-refractivity contribution in [2.45, 2.75) is 55.4 Å². The van der Waals surface area contributed by atoms with Crippen molar-refractivity contribution in [2.75, 3.05) is 24.2 Å². The third-order valence-electron chi connectivity index (χ3n) is 5.11. The molecular weight excluding hydrogens is 434 g/mol. The van der Waals surface area contributed by atoms with E-state index in [1.165, 1.54) is 29.5 Å². The van der Waals surface area contributed by atoms with E-state index in [-0.39, 0.29) is 17.8 Å². The molecule has 0 aliphatic heterocycles. The van der Waals surface area contributed by atoms with Crippen molar-refractivity contribution in [1.82, 2.24) is 9.88 Å². The van der Waals surface area contributed by atoms with E-state index in [2.05, 4.69) is 10.3 Å². The SMILES string of the molecule is O=C(O)CSc1cnc(NC(=O)N(CCCOCc2ccccc2)C2CCCCC2)s1. The minimum absolute atomic E-state index is 0.0211. The van der Waals surface area contributed by atoms with Crippen molar-refractivity contribution in [3.05, 3.63) is 42.1 Å². The Labute approximate surface area is 191 Å². The number of anilines is 1. The number of aliphatic carboxylic acids is 1. The molecule has 3 rings (SSSR count). The number of thiazole rings is 1. The zero-order valence-electron chi connectivity index (χ0n) is 17.5. The summed E-state index contributed by atoms with van der Waals surface area (Å²) >= 11 is 2.51. The van der Waals surface area contributed by atoms with Crippen molar-refractivity contribution in [2.24, 2.45) is 0 Å². The van der Waals surface area contributed by atoms with E-state index in [4.69, 9.17) is 9.84 Å². The third-order valence-corrected chi connectivity index (χ3v) is 7.20.